The summed E-state index contributed by atoms with van der Waals surface area (Å²) in [6, 6.07) is 8.88. The van der Waals surface area contributed by atoms with Crippen LogP contribution in [0.4, 0.5) is 8.78 Å². The number of hydrogen-bond acceptors (Lipinski definition) is 7. The maximum atomic E-state index is 14.8. The Bertz CT molecular complexity index is 1090. The number of fused-ring (bicyclic) bond motifs is 1. The summed E-state index contributed by atoms with van der Waals surface area (Å²) in [4.78, 5) is 20.3. The number of pyridine rings is 1. The van der Waals surface area contributed by atoms with Gasteiger partial charge < -0.3 is 19.5 Å². The molecule has 3 aromatic rings. The predicted octanol–water partition coefficient (Wildman–Crippen LogP) is 4.41. The molecule has 1 fully saturated rings. The number of thiazole rings is 1. The van der Waals surface area contributed by atoms with Crippen molar-refractivity contribution in [1.82, 2.24) is 15.3 Å². The molecular weight excluding hydrogens is 440 g/mol. The number of carbonyl (C=O) groups is 1. The highest BCUT2D eigenvalue weighted by Crippen LogP contribution is 2.39. The minimum atomic E-state index is -1.47. The molecule has 1 amide bonds. The van der Waals surface area contributed by atoms with Gasteiger partial charge in [0.15, 0.2) is 4.83 Å². The zero-order valence-electron chi connectivity index (χ0n) is 17.6. The number of rotatable bonds is 9. The first-order chi connectivity index (χ1) is 15.3. The van der Waals surface area contributed by atoms with E-state index in [9.17, 15) is 13.6 Å². The quantitative estimate of drug-likeness (QED) is 0.506. The van der Waals surface area contributed by atoms with Gasteiger partial charge in [0.1, 0.15) is 29.4 Å². The molecule has 1 N–H and O–H groups in total. The second-order valence-corrected chi connectivity index (χ2v) is 8.85. The van der Waals surface area contributed by atoms with E-state index in [0.29, 0.717) is 33.8 Å². The summed E-state index contributed by atoms with van der Waals surface area (Å²) < 4.78 is 44.7. The summed E-state index contributed by atoms with van der Waals surface area (Å²) in [5.41, 5.74) is -0.844. The molecule has 0 aliphatic heterocycles. The lowest BCUT2D eigenvalue weighted by Crippen LogP contribution is -2.50. The average Bonchev–Trinajstić information content (AvgIpc) is 3.12. The first-order valence-corrected chi connectivity index (χ1v) is 11.0. The molecule has 2 heterocycles. The van der Waals surface area contributed by atoms with Crippen LogP contribution in [-0.4, -0.2) is 46.9 Å². The van der Waals surface area contributed by atoms with Crippen molar-refractivity contribution < 1.29 is 27.8 Å². The lowest BCUT2D eigenvalue weighted by Gasteiger charge is -2.40. The van der Waals surface area contributed by atoms with E-state index in [1.807, 2.05) is 6.92 Å². The van der Waals surface area contributed by atoms with Crippen LogP contribution in [0, 0.1) is 5.82 Å². The Kier molecular flexibility index (Phi) is 6.52. The number of amides is 1. The third-order valence-electron chi connectivity index (χ3n) is 4.93. The number of nitrogens with one attached hydrogen (secondary N) is 1. The van der Waals surface area contributed by atoms with Gasteiger partial charge in [-0.2, -0.15) is 0 Å². The van der Waals surface area contributed by atoms with Crippen molar-refractivity contribution in [3.8, 4) is 16.8 Å². The molecule has 2 aromatic heterocycles. The van der Waals surface area contributed by atoms with Gasteiger partial charge >= 0.3 is 0 Å². The Hall–Kier alpha value is -2.85. The third kappa shape index (κ3) is 5.68. The van der Waals surface area contributed by atoms with Crippen LogP contribution in [0.5, 0.6) is 16.8 Å². The van der Waals surface area contributed by atoms with E-state index < -0.39 is 5.67 Å². The standard InChI is InChI=1S/C22H23F2N3O4S/c1-13(25-14(2)28)11-29-17-9-22(24,10-17)12-30-19-8-7-18-20(27-19)32-21(26-18)31-16-5-3-15(23)4-6-16/h3-8,13,17H,9-12H2,1-2H3,(H,25,28)/t13-,17?,22?/m0/s1. The highest BCUT2D eigenvalue weighted by atomic mass is 32.1. The Morgan fingerprint density at radius 2 is 2.00 bits per heavy atom. The fraction of sp³-hybridized carbons (Fsp3) is 0.409. The Balaban J connectivity index is 1.27. The van der Waals surface area contributed by atoms with Gasteiger partial charge in [0, 0.05) is 31.9 Å². The van der Waals surface area contributed by atoms with Crippen molar-refractivity contribution in [3.05, 3.63) is 42.2 Å². The second-order valence-electron chi connectivity index (χ2n) is 7.91. The van der Waals surface area contributed by atoms with Crippen molar-refractivity contribution >= 4 is 27.6 Å². The minimum absolute atomic E-state index is 0.120. The van der Waals surface area contributed by atoms with Crippen molar-refractivity contribution in [3.63, 3.8) is 0 Å². The Labute approximate surface area is 187 Å². The molecule has 1 aliphatic carbocycles. The maximum Gasteiger partial charge on any atom is 0.281 e. The summed E-state index contributed by atoms with van der Waals surface area (Å²) in [6.45, 7) is 3.50. The molecule has 0 saturated heterocycles. The largest absolute Gasteiger partial charge is 0.474 e. The molecule has 7 nitrogen and oxygen atoms in total. The first-order valence-electron chi connectivity index (χ1n) is 10.2. The monoisotopic (exact) mass is 463 g/mol. The number of halogens is 2. The molecule has 170 valence electrons. The van der Waals surface area contributed by atoms with E-state index >= 15 is 0 Å². The number of ether oxygens (including phenoxy) is 3. The summed E-state index contributed by atoms with van der Waals surface area (Å²) in [6.07, 6.45) is 0.277. The average molecular weight is 464 g/mol. The Morgan fingerprint density at radius 1 is 1.25 bits per heavy atom. The normalized spacial score (nSPS) is 21.1. The lowest BCUT2D eigenvalue weighted by atomic mass is 9.79. The molecule has 1 atom stereocenters. The predicted molar refractivity (Wildman–Crippen MR) is 115 cm³/mol. The third-order valence-corrected chi connectivity index (χ3v) is 5.77. The van der Waals surface area contributed by atoms with Crippen molar-refractivity contribution in [2.24, 2.45) is 0 Å². The molecule has 1 aromatic carbocycles. The molecule has 1 aliphatic rings. The fourth-order valence-electron chi connectivity index (χ4n) is 3.37. The van der Waals surface area contributed by atoms with Crippen LogP contribution < -0.4 is 14.8 Å². The second kappa shape index (κ2) is 9.33. The smallest absolute Gasteiger partial charge is 0.281 e. The van der Waals surface area contributed by atoms with Crippen LogP contribution in [0.2, 0.25) is 0 Å². The van der Waals surface area contributed by atoms with Gasteiger partial charge in [-0.05, 0) is 37.3 Å². The molecule has 4 rings (SSSR count). The van der Waals surface area contributed by atoms with E-state index in [1.54, 1.807) is 12.1 Å². The van der Waals surface area contributed by atoms with Crippen LogP contribution in [0.3, 0.4) is 0 Å². The van der Waals surface area contributed by atoms with Crippen molar-refractivity contribution in [2.75, 3.05) is 13.2 Å². The molecule has 0 radical (unpaired) electrons. The van der Waals surface area contributed by atoms with Gasteiger partial charge in [-0.3, -0.25) is 4.79 Å². The van der Waals surface area contributed by atoms with Crippen LogP contribution >= 0.6 is 11.3 Å². The van der Waals surface area contributed by atoms with E-state index in [0.717, 1.165) is 0 Å². The van der Waals surface area contributed by atoms with E-state index in [-0.39, 0.29) is 43.3 Å². The molecule has 1 saturated carbocycles. The van der Waals surface area contributed by atoms with Crippen molar-refractivity contribution in [2.45, 2.75) is 44.5 Å². The maximum absolute atomic E-state index is 14.8. The molecule has 0 unspecified atom stereocenters. The number of aromatic nitrogens is 2. The van der Waals surface area contributed by atoms with Crippen molar-refractivity contribution in [1.29, 1.82) is 0 Å². The van der Waals surface area contributed by atoms with Crippen LogP contribution in [0.1, 0.15) is 26.7 Å². The molecule has 0 bridgehead atoms. The van der Waals surface area contributed by atoms with E-state index in [4.69, 9.17) is 14.2 Å². The highest BCUT2D eigenvalue weighted by molar-refractivity contribution is 7.19. The van der Waals surface area contributed by atoms with E-state index in [1.165, 1.54) is 42.5 Å². The van der Waals surface area contributed by atoms with Gasteiger partial charge in [0.25, 0.3) is 5.19 Å². The van der Waals surface area contributed by atoms with Gasteiger partial charge in [-0.25, -0.2) is 18.7 Å². The summed E-state index contributed by atoms with van der Waals surface area (Å²) >= 11 is 1.22. The van der Waals surface area contributed by atoms with Crippen LogP contribution in [0.15, 0.2) is 36.4 Å². The van der Waals surface area contributed by atoms with Crippen LogP contribution in [0.25, 0.3) is 10.3 Å². The molecule has 32 heavy (non-hydrogen) atoms. The number of alkyl halides is 1. The summed E-state index contributed by atoms with van der Waals surface area (Å²) in [7, 11) is 0. The van der Waals surface area contributed by atoms with E-state index in [2.05, 4.69) is 15.3 Å². The molecule has 0 spiro atoms. The topological polar surface area (TPSA) is 82.6 Å². The Morgan fingerprint density at radius 3 is 2.72 bits per heavy atom. The zero-order valence-corrected chi connectivity index (χ0v) is 18.5. The number of hydrogen-bond donors (Lipinski definition) is 1. The zero-order chi connectivity index (χ0) is 22.7. The first kappa shape index (κ1) is 22.3. The number of carbonyl (C=O) groups excluding carboxylic acids is 1. The van der Waals surface area contributed by atoms with Gasteiger partial charge in [0.05, 0.1) is 12.7 Å². The minimum Gasteiger partial charge on any atom is -0.474 e. The number of nitrogens with zero attached hydrogens (tertiary/aromatic N) is 2. The summed E-state index contributed by atoms with van der Waals surface area (Å²) in [5, 5.41) is 3.09. The molecular formula is C22H23F2N3O4S. The highest BCUT2D eigenvalue weighted by Gasteiger charge is 2.46. The number of benzene rings is 1. The lowest BCUT2D eigenvalue weighted by molar-refractivity contribution is -0.125. The van der Waals surface area contributed by atoms with Gasteiger partial charge in [-0.15, -0.1) is 0 Å². The fourth-order valence-corrected chi connectivity index (χ4v) is 4.17. The summed E-state index contributed by atoms with van der Waals surface area (Å²) in [5.74, 6) is 0.298. The van der Waals surface area contributed by atoms with Gasteiger partial charge in [-0.1, -0.05) is 11.3 Å². The van der Waals surface area contributed by atoms with Crippen LogP contribution in [-0.2, 0) is 9.53 Å². The van der Waals surface area contributed by atoms with Gasteiger partial charge in [0.2, 0.25) is 11.8 Å². The SMILES string of the molecule is CC(=O)N[C@@H](C)COC1CC(F)(COc2ccc3nc(Oc4ccc(F)cc4)sc3n2)C1. The molecule has 10 heteroatoms.